The molecular formula is C16H34N4O. The molecule has 5 nitrogen and oxygen atoms in total. The van der Waals surface area contributed by atoms with Gasteiger partial charge in [-0.05, 0) is 37.8 Å². The summed E-state index contributed by atoms with van der Waals surface area (Å²) in [5.74, 6) is 0.922. The second-order valence-electron chi connectivity index (χ2n) is 5.98. The molecule has 2 N–H and O–H groups in total. The van der Waals surface area contributed by atoms with E-state index >= 15 is 0 Å². The summed E-state index contributed by atoms with van der Waals surface area (Å²) in [5, 5.41) is 6.91. The molecule has 0 aliphatic heterocycles. The minimum absolute atomic E-state index is 0.423. The van der Waals surface area contributed by atoms with E-state index in [-0.39, 0.29) is 0 Å². The number of hydrogen-bond acceptors (Lipinski definition) is 3. The van der Waals surface area contributed by atoms with Crippen LogP contribution in [0.5, 0.6) is 0 Å². The van der Waals surface area contributed by atoms with Crippen molar-refractivity contribution in [1.29, 1.82) is 0 Å². The number of rotatable bonds is 10. The van der Waals surface area contributed by atoms with E-state index in [1.807, 2.05) is 7.05 Å². The summed E-state index contributed by atoms with van der Waals surface area (Å²) < 4.78 is 5.24. The minimum Gasteiger partial charge on any atom is -0.385 e. The zero-order chi connectivity index (χ0) is 15.6. The summed E-state index contributed by atoms with van der Waals surface area (Å²) in [5.41, 5.74) is 0.423. The van der Waals surface area contributed by atoms with Gasteiger partial charge < -0.3 is 20.3 Å². The molecule has 0 bridgehead atoms. The number of nitrogens with one attached hydrogen (secondary N) is 2. The highest BCUT2D eigenvalue weighted by molar-refractivity contribution is 5.79. The van der Waals surface area contributed by atoms with Gasteiger partial charge in [0.15, 0.2) is 5.96 Å². The summed E-state index contributed by atoms with van der Waals surface area (Å²) in [6.45, 7) is 10.5. The SMILES string of the molecule is CCN(CC)CCNC(=NC)NCC1(CCOC)CCC1. The van der Waals surface area contributed by atoms with Crippen molar-refractivity contribution in [3.63, 3.8) is 0 Å². The Morgan fingerprint density at radius 3 is 2.43 bits per heavy atom. The molecule has 21 heavy (non-hydrogen) atoms. The molecule has 0 amide bonds. The lowest BCUT2D eigenvalue weighted by Crippen LogP contribution is -2.48. The van der Waals surface area contributed by atoms with Crippen LogP contribution in [0.3, 0.4) is 0 Å². The molecule has 0 aromatic rings. The van der Waals surface area contributed by atoms with Crippen molar-refractivity contribution in [2.75, 3.05) is 53.5 Å². The van der Waals surface area contributed by atoms with E-state index in [4.69, 9.17) is 4.74 Å². The highest BCUT2D eigenvalue weighted by Gasteiger charge is 2.36. The first-order valence-corrected chi connectivity index (χ1v) is 8.35. The average Bonchev–Trinajstić information content (AvgIpc) is 2.48. The third kappa shape index (κ3) is 6.22. The molecule has 0 heterocycles. The minimum atomic E-state index is 0.423. The molecule has 5 heteroatoms. The molecular weight excluding hydrogens is 264 g/mol. The van der Waals surface area contributed by atoms with Gasteiger partial charge in [0.25, 0.3) is 0 Å². The van der Waals surface area contributed by atoms with Crippen molar-refractivity contribution in [2.45, 2.75) is 39.5 Å². The van der Waals surface area contributed by atoms with Gasteiger partial charge in [0.2, 0.25) is 0 Å². The Balaban J connectivity index is 2.27. The molecule has 1 fully saturated rings. The molecule has 0 aromatic heterocycles. The molecule has 1 rings (SSSR count). The highest BCUT2D eigenvalue weighted by atomic mass is 16.5. The Hall–Kier alpha value is -0.810. The Kier molecular flexibility index (Phi) is 8.69. The zero-order valence-corrected chi connectivity index (χ0v) is 14.4. The van der Waals surface area contributed by atoms with Crippen LogP contribution in [0.4, 0.5) is 0 Å². The van der Waals surface area contributed by atoms with Crippen LogP contribution in [0.2, 0.25) is 0 Å². The predicted octanol–water partition coefficient (Wildman–Crippen LogP) is 1.70. The normalized spacial score (nSPS) is 17.7. The van der Waals surface area contributed by atoms with Gasteiger partial charge in [-0.3, -0.25) is 4.99 Å². The van der Waals surface area contributed by atoms with E-state index in [0.29, 0.717) is 5.41 Å². The van der Waals surface area contributed by atoms with E-state index < -0.39 is 0 Å². The molecule has 0 spiro atoms. The predicted molar refractivity (Wildman–Crippen MR) is 89.9 cm³/mol. The largest absolute Gasteiger partial charge is 0.385 e. The topological polar surface area (TPSA) is 48.9 Å². The van der Waals surface area contributed by atoms with E-state index in [1.165, 1.54) is 19.3 Å². The van der Waals surface area contributed by atoms with Crippen LogP contribution in [0, 0.1) is 5.41 Å². The van der Waals surface area contributed by atoms with Crippen LogP contribution in [0.15, 0.2) is 4.99 Å². The Bertz CT molecular complexity index is 299. The number of methoxy groups -OCH3 is 1. The van der Waals surface area contributed by atoms with Crippen molar-refractivity contribution in [3.8, 4) is 0 Å². The van der Waals surface area contributed by atoms with Crippen LogP contribution >= 0.6 is 0 Å². The molecule has 0 radical (unpaired) electrons. The average molecular weight is 298 g/mol. The van der Waals surface area contributed by atoms with Gasteiger partial charge >= 0.3 is 0 Å². The van der Waals surface area contributed by atoms with Crippen molar-refractivity contribution in [1.82, 2.24) is 15.5 Å². The fourth-order valence-corrected chi connectivity index (χ4v) is 2.87. The third-order valence-corrected chi connectivity index (χ3v) is 4.72. The van der Waals surface area contributed by atoms with E-state index in [2.05, 4.69) is 34.4 Å². The molecule has 1 aliphatic carbocycles. The lowest BCUT2D eigenvalue weighted by atomic mass is 9.67. The summed E-state index contributed by atoms with van der Waals surface area (Å²) >= 11 is 0. The van der Waals surface area contributed by atoms with Crippen molar-refractivity contribution in [2.24, 2.45) is 10.4 Å². The lowest BCUT2D eigenvalue weighted by Gasteiger charge is -2.42. The maximum Gasteiger partial charge on any atom is 0.191 e. The van der Waals surface area contributed by atoms with Crippen molar-refractivity contribution in [3.05, 3.63) is 0 Å². The maximum absolute atomic E-state index is 5.24. The number of nitrogens with zero attached hydrogens (tertiary/aromatic N) is 2. The second-order valence-corrected chi connectivity index (χ2v) is 5.98. The molecule has 0 atom stereocenters. The number of likely N-dealkylation sites (N-methyl/N-ethyl adjacent to an activating group) is 1. The molecule has 0 aromatic carbocycles. The Labute approximate surface area is 130 Å². The van der Waals surface area contributed by atoms with Gasteiger partial charge in [-0.1, -0.05) is 20.3 Å². The molecule has 0 saturated heterocycles. The first kappa shape index (κ1) is 18.2. The van der Waals surface area contributed by atoms with Crippen LogP contribution < -0.4 is 10.6 Å². The number of guanidine groups is 1. The fourth-order valence-electron chi connectivity index (χ4n) is 2.87. The smallest absolute Gasteiger partial charge is 0.191 e. The summed E-state index contributed by atoms with van der Waals surface area (Å²) in [4.78, 5) is 6.73. The molecule has 0 unspecified atom stereocenters. The first-order chi connectivity index (χ1) is 10.2. The summed E-state index contributed by atoms with van der Waals surface area (Å²) in [6.07, 6.45) is 5.10. The highest BCUT2D eigenvalue weighted by Crippen LogP contribution is 2.43. The lowest BCUT2D eigenvalue weighted by molar-refractivity contribution is 0.0732. The van der Waals surface area contributed by atoms with Gasteiger partial charge in [0.1, 0.15) is 0 Å². The van der Waals surface area contributed by atoms with Gasteiger partial charge in [0, 0.05) is 40.4 Å². The fraction of sp³-hybridized carbons (Fsp3) is 0.938. The Morgan fingerprint density at radius 2 is 1.95 bits per heavy atom. The molecule has 1 saturated carbocycles. The van der Waals surface area contributed by atoms with Gasteiger partial charge in [0.05, 0.1) is 0 Å². The monoisotopic (exact) mass is 298 g/mol. The Morgan fingerprint density at radius 1 is 1.24 bits per heavy atom. The van der Waals surface area contributed by atoms with Crippen LogP contribution in [-0.2, 0) is 4.74 Å². The zero-order valence-electron chi connectivity index (χ0n) is 14.4. The number of hydrogen-bond donors (Lipinski definition) is 2. The maximum atomic E-state index is 5.24. The van der Waals surface area contributed by atoms with Gasteiger partial charge in [-0.15, -0.1) is 0 Å². The van der Waals surface area contributed by atoms with Crippen molar-refractivity contribution < 1.29 is 4.74 Å². The van der Waals surface area contributed by atoms with Crippen LogP contribution in [0.1, 0.15) is 39.5 Å². The second kappa shape index (κ2) is 10.0. The van der Waals surface area contributed by atoms with Gasteiger partial charge in [-0.25, -0.2) is 0 Å². The van der Waals surface area contributed by atoms with E-state index in [0.717, 1.165) is 51.7 Å². The number of ether oxygens (including phenoxy) is 1. The van der Waals surface area contributed by atoms with E-state index in [1.54, 1.807) is 7.11 Å². The summed E-state index contributed by atoms with van der Waals surface area (Å²) in [7, 11) is 3.63. The standard InChI is InChI=1S/C16H34N4O/c1-5-20(6-2)12-11-18-15(17-3)19-14-16(8-7-9-16)10-13-21-4/h5-14H2,1-4H3,(H2,17,18,19). The quantitative estimate of drug-likeness (QED) is 0.476. The van der Waals surface area contributed by atoms with Crippen molar-refractivity contribution >= 4 is 5.96 Å². The van der Waals surface area contributed by atoms with Crippen LogP contribution in [-0.4, -0.2) is 64.3 Å². The summed E-state index contributed by atoms with van der Waals surface area (Å²) in [6, 6.07) is 0. The molecule has 1 aliphatic rings. The van der Waals surface area contributed by atoms with Crippen LogP contribution in [0.25, 0.3) is 0 Å². The van der Waals surface area contributed by atoms with E-state index in [9.17, 15) is 0 Å². The molecule has 124 valence electrons. The first-order valence-electron chi connectivity index (χ1n) is 8.35. The van der Waals surface area contributed by atoms with Gasteiger partial charge in [-0.2, -0.15) is 0 Å². The third-order valence-electron chi connectivity index (χ3n) is 4.72. The number of aliphatic imine (C=N–C) groups is 1.